The number of benzene rings is 2. The molecule has 2 aromatic carbocycles. The molecule has 1 aliphatic rings. The molecule has 156 valence electrons. The summed E-state index contributed by atoms with van der Waals surface area (Å²) in [5.41, 5.74) is 11.6. The van der Waals surface area contributed by atoms with Gasteiger partial charge in [-0.3, -0.25) is 9.59 Å². The summed E-state index contributed by atoms with van der Waals surface area (Å²) in [5.74, 6) is -0.444. The average Bonchev–Trinajstić information content (AvgIpc) is 3.05. The maximum absolute atomic E-state index is 12.7. The van der Waals surface area contributed by atoms with Crippen LogP contribution in [-0.4, -0.2) is 25.9 Å². The molecular formula is C23H31N3O3. The van der Waals surface area contributed by atoms with Crippen molar-refractivity contribution in [1.29, 1.82) is 0 Å². The number of carbonyl (C=O) groups excluding carboxylic acids is 2. The number of carbonyl (C=O) groups is 2. The number of ketones is 1. The van der Waals surface area contributed by atoms with E-state index in [0.717, 1.165) is 39.9 Å². The van der Waals surface area contributed by atoms with Gasteiger partial charge in [0.25, 0.3) is 0 Å². The van der Waals surface area contributed by atoms with Gasteiger partial charge in [0.1, 0.15) is 0 Å². The summed E-state index contributed by atoms with van der Waals surface area (Å²) in [5, 5.41) is 3.09. The lowest BCUT2D eigenvalue weighted by Gasteiger charge is -2.34. The largest absolute Gasteiger partial charge is 0.469 e. The van der Waals surface area contributed by atoms with E-state index in [-0.39, 0.29) is 23.8 Å². The van der Waals surface area contributed by atoms with Crippen molar-refractivity contribution in [3.8, 4) is 0 Å². The molecule has 1 atom stereocenters. The van der Waals surface area contributed by atoms with Gasteiger partial charge in [-0.05, 0) is 61.6 Å². The number of aryl methyl sites for hydroxylation is 1. The Balaban J connectivity index is 0.00000300. The molecule has 6 N–H and O–H groups in total. The van der Waals surface area contributed by atoms with Crippen LogP contribution in [0.4, 0.5) is 11.4 Å². The first-order valence-corrected chi connectivity index (χ1v) is 9.53. The summed E-state index contributed by atoms with van der Waals surface area (Å²) in [6.45, 7) is 5.71. The first-order chi connectivity index (χ1) is 13.2. The Morgan fingerprint density at radius 1 is 1.21 bits per heavy atom. The number of esters is 1. The third kappa shape index (κ3) is 3.72. The predicted octanol–water partition coefficient (Wildman–Crippen LogP) is 4.24. The van der Waals surface area contributed by atoms with E-state index in [1.807, 2.05) is 58.2 Å². The number of rotatable bonds is 5. The zero-order valence-electron chi connectivity index (χ0n) is 17.9. The fourth-order valence-corrected chi connectivity index (χ4v) is 4.28. The van der Waals surface area contributed by atoms with E-state index >= 15 is 0 Å². The van der Waals surface area contributed by atoms with Gasteiger partial charge in [-0.25, -0.2) is 0 Å². The number of ether oxygens (including phenoxy) is 1. The highest BCUT2D eigenvalue weighted by molar-refractivity contribution is 6.00. The fraction of sp³-hybridized carbons (Fsp3) is 0.391. The lowest BCUT2D eigenvalue weighted by Crippen LogP contribution is -2.34. The first kappa shape index (κ1) is 22.4. The van der Waals surface area contributed by atoms with Crippen LogP contribution in [0.1, 0.15) is 58.8 Å². The number of hydrogen-bond donors (Lipinski definition) is 3. The minimum Gasteiger partial charge on any atom is -0.469 e. The molecule has 0 spiro atoms. The highest BCUT2D eigenvalue weighted by Crippen LogP contribution is 2.45. The van der Waals surface area contributed by atoms with Crippen molar-refractivity contribution in [1.82, 2.24) is 6.15 Å². The number of anilines is 2. The molecule has 0 heterocycles. The monoisotopic (exact) mass is 397 g/mol. The quantitative estimate of drug-likeness (QED) is 0.513. The molecule has 3 rings (SSSR count). The minimum absolute atomic E-state index is 0. The summed E-state index contributed by atoms with van der Waals surface area (Å²) in [6, 6.07) is 9.91. The molecule has 0 fully saturated rings. The number of nitrogens with one attached hydrogen (secondary N) is 1. The van der Waals surface area contributed by atoms with Crippen molar-refractivity contribution < 1.29 is 14.3 Å². The van der Waals surface area contributed by atoms with Crippen LogP contribution in [0.5, 0.6) is 0 Å². The smallest absolute Gasteiger partial charge is 0.312 e. The van der Waals surface area contributed by atoms with Crippen LogP contribution in [0.2, 0.25) is 0 Å². The fourth-order valence-electron chi connectivity index (χ4n) is 4.28. The lowest BCUT2D eigenvalue weighted by atomic mass is 9.69. The molecular weight excluding hydrogens is 366 g/mol. The van der Waals surface area contributed by atoms with Crippen LogP contribution in [0.25, 0.3) is 0 Å². The Kier molecular flexibility index (Phi) is 6.38. The predicted molar refractivity (Wildman–Crippen MR) is 117 cm³/mol. The standard InChI is InChI=1S/C23H28N2O3.H3N/c1-13-16(9-10-18(25-4)21(13)24)20(23(2,3)22(27)28-5)15-7-6-14-8-11-19(26)17(14)12-15;/h6-7,9-10,12,20,25H,8,11,24H2,1-5H3;1H3. The van der Waals surface area contributed by atoms with Gasteiger partial charge in [0.05, 0.1) is 23.9 Å². The molecule has 6 nitrogen and oxygen atoms in total. The molecule has 2 aromatic rings. The second kappa shape index (κ2) is 8.25. The summed E-state index contributed by atoms with van der Waals surface area (Å²) in [7, 11) is 3.23. The van der Waals surface area contributed by atoms with E-state index in [1.165, 1.54) is 7.11 Å². The summed E-state index contributed by atoms with van der Waals surface area (Å²) < 4.78 is 5.12. The van der Waals surface area contributed by atoms with Gasteiger partial charge in [0.15, 0.2) is 5.78 Å². The van der Waals surface area contributed by atoms with E-state index in [9.17, 15) is 9.59 Å². The summed E-state index contributed by atoms with van der Waals surface area (Å²) in [4.78, 5) is 25.0. The second-order valence-corrected chi connectivity index (χ2v) is 7.98. The minimum atomic E-state index is -0.844. The molecule has 1 aliphatic carbocycles. The lowest BCUT2D eigenvalue weighted by molar-refractivity contribution is -0.151. The van der Waals surface area contributed by atoms with Crippen molar-refractivity contribution in [2.24, 2.45) is 5.41 Å². The number of Topliss-reactive ketones (excluding diaryl/α,β-unsaturated/α-hetero) is 1. The molecule has 0 saturated carbocycles. The molecule has 0 amide bonds. The van der Waals surface area contributed by atoms with Gasteiger partial charge in [-0.15, -0.1) is 0 Å². The zero-order valence-corrected chi connectivity index (χ0v) is 17.9. The van der Waals surface area contributed by atoms with Crippen molar-refractivity contribution in [2.45, 2.75) is 39.5 Å². The van der Waals surface area contributed by atoms with Gasteiger partial charge in [0, 0.05) is 24.9 Å². The van der Waals surface area contributed by atoms with Crippen LogP contribution in [0.3, 0.4) is 0 Å². The van der Waals surface area contributed by atoms with Gasteiger partial charge >= 0.3 is 5.97 Å². The molecule has 6 heteroatoms. The van der Waals surface area contributed by atoms with Crippen molar-refractivity contribution in [3.05, 3.63) is 58.1 Å². The number of nitrogen functional groups attached to an aromatic ring is 1. The normalized spacial score (nSPS) is 14.0. The Morgan fingerprint density at radius 3 is 2.52 bits per heavy atom. The Morgan fingerprint density at radius 2 is 1.90 bits per heavy atom. The molecule has 0 radical (unpaired) electrons. The third-order valence-corrected chi connectivity index (χ3v) is 5.96. The van der Waals surface area contributed by atoms with Crippen molar-refractivity contribution >= 4 is 23.1 Å². The molecule has 0 aromatic heterocycles. The topological polar surface area (TPSA) is 116 Å². The highest BCUT2D eigenvalue weighted by atomic mass is 16.5. The van der Waals surface area contributed by atoms with Crippen molar-refractivity contribution in [2.75, 3.05) is 25.2 Å². The number of fused-ring (bicyclic) bond motifs is 1. The van der Waals surface area contributed by atoms with Gasteiger partial charge < -0.3 is 21.9 Å². The maximum atomic E-state index is 12.7. The maximum Gasteiger partial charge on any atom is 0.312 e. The van der Waals surface area contributed by atoms with Crippen LogP contribution in [0, 0.1) is 12.3 Å². The summed E-state index contributed by atoms with van der Waals surface area (Å²) in [6.07, 6.45) is 1.33. The van der Waals surface area contributed by atoms with Crippen molar-refractivity contribution in [3.63, 3.8) is 0 Å². The van der Waals surface area contributed by atoms with E-state index in [4.69, 9.17) is 10.5 Å². The Bertz CT molecular complexity index is 951. The van der Waals surface area contributed by atoms with Crippen LogP contribution >= 0.6 is 0 Å². The SMILES string of the molecule is CNc1ccc(C(c2ccc3c(c2)C(=O)CC3)C(C)(C)C(=O)OC)c(C)c1N.N. The van der Waals surface area contributed by atoms with Gasteiger partial charge in [-0.1, -0.05) is 18.2 Å². The zero-order chi connectivity index (χ0) is 20.6. The average molecular weight is 398 g/mol. The summed E-state index contributed by atoms with van der Waals surface area (Å²) >= 11 is 0. The van der Waals surface area contributed by atoms with Crippen LogP contribution in [0.15, 0.2) is 30.3 Å². The number of hydrogen-bond acceptors (Lipinski definition) is 6. The number of nitrogens with two attached hydrogens (primary N) is 1. The highest BCUT2D eigenvalue weighted by Gasteiger charge is 2.41. The molecule has 29 heavy (non-hydrogen) atoms. The number of methoxy groups -OCH3 is 1. The van der Waals surface area contributed by atoms with Crippen LogP contribution < -0.4 is 17.2 Å². The third-order valence-electron chi connectivity index (χ3n) is 5.96. The Labute approximate surface area is 172 Å². The van der Waals surface area contributed by atoms with Crippen LogP contribution in [-0.2, 0) is 16.0 Å². The molecule has 0 aliphatic heterocycles. The van der Waals surface area contributed by atoms with Gasteiger partial charge in [-0.2, -0.15) is 0 Å². The Hall–Kier alpha value is -2.86. The van der Waals surface area contributed by atoms with Gasteiger partial charge in [0.2, 0.25) is 0 Å². The van der Waals surface area contributed by atoms with E-state index in [2.05, 4.69) is 5.32 Å². The van der Waals surface area contributed by atoms with E-state index in [1.54, 1.807) is 0 Å². The second-order valence-electron chi connectivity index (χ2n) is 7.98. The van der Waals surface area contributed by atoms with E-state index < -0.39 is 5.41 Å². The molecule has 0 saturated heterocycles. The molecule has 0 bridgehead atoms. The molecule has 1 unspecified atom stereocenters. The van der Waals surface area contributed by atoms with E-state index in [0.29, 0.717) is 12.1 Å². The first-order valence-electron chi connectivity index (χ1n) is 9.53.